The Morgan fingerprint density at radius 1 is 0.947 bits per heavy atom. The van der Waals surface area contributed by atoms with Gasteiger partial charge in [0.1, 0.15) is 5.21 Å². The van der Waals surface area contributed by atoms with Crippen LogP contribution in [0.4, 0.5) is 0 Å². The maximum Gasteiger partial charge on any atom is 0.167 e. The molecule has 1 atom stereocenters. The van der Waals surface area contributed by atoms with Crippen molar-refractivity contribution in [3.63, 3.8) is 0 Å². The molecule has 3 aliphatic rings. The molecule has 0 aromatic heterocycles. The molecule has 0 heterocycles. The van der Waals surface area contributed by atoms with Gasteiger partial charge in [0, 0.05) is 0 Å². The second-order valence-electron chi connectivity index (χ2n) is 6.11. The molecule has 0 radical (unpaired) electrons. The van der Waals surface area contributed by atoms with Gasteiger partial charge >= 0.3 is 0 Å². The minimum atomic E-state index is -3.09. The summed E-state index contributed by atoms with van der Waals surface area (Å²) in [7, 11) is -3.09. The standard InChI is InChI=1S/C15H21ClO2S/c16-10-19(17,18)15-6-5-13-7-11-3-1-2-4-12(11)8-14(13)9-15/h15H,1-10H2. The van der Waals surface area contributed by atoms with Crippen molar-refractivity contribution >= 4 is 21.4 Å². The van der Waals surface area contributed by atoms with Crippen molar-refractivity contribution in [1.82, 2.24) is 0 Å². The van der Waals surface area contributed by atoms with Crippen LogP contribution >= 0.6 is 11.6 Å². The van der Waals surface area contributed by atoms with E-state index in [2.05, 4.69) is 0 Å². The van der Waals surface area contributed by atoms with Gasteiger partial charge in [0.2, 0.25) is 0 Å². The molecule has 0 N–H and O–H groups in total. The summed E-state index contributed by atoms with van der Waals surface area (Å²) >= 11 is 5.60. The second-order valence-corrected chi connectivity index (χ2v) is 8.98. The summed E-state index contributed by atoms with van der Waals surface area (Å²) in [6.07, 6.45) is 9.83. The minimum Gasteiger partial charge on any atom is -0.227 e. The predicted octanol–water partition coefficient (Wildman–Crippen LogP) is 4.11. The van der Waals surface area contributed by atoms with Gasteiger partial charge in [-0.3, -0.25) is 0 Å². The number of hydrogen-bond donors (Lipinski definition) is 0. The van der Waals surface area contributed by atoms with Gasteiger partial charge in [0.25, 0.3) is 0 Å². The van der Waals surface area contributed by atoms with E-state index in [1.165, 1.54) is 31.3 Å². The molecule has 0 bridgehead atoms. The molecule has 3 aliphatic carbocycles. The first-order valence-corrected chi connectivity index (χ1v) is 9.52. The Labute approximate surface area is 120 Å². The molecule has 0 spiro atoms. The number of rotatable bonds is 2. The van der Waals surface area contributed by atoms with Gasteiger partial charge in [-0.2, -0.15) is 0 Å². The van der Waals surface area contributed by atoms with Gasteiger partial charge in [-0.15, -0.1) is 11.6 Å². The average molecular weight is 301 g/mol. The van der Waals surface area contributed by atoms with Gasteiger partial charge in [-0.05, 0) is 57.8 Å². The Balaban J connectivity index is 1.78. The number of hydrogen-bond acceptors (Lipinski definition) is 2. The third-order valence-electron chi connectivity index (χ3n) is 4.96. The zero-order valence-corrected chi connectivity index (χ0v) is 12.8. The lowest BCUT2D eigenvalue weighted by atomic mass is 9.74. The third kappa shape index (κ3) is 2.64. The largest absolute Gasteiger partial charge is 0.227 e. The van der Waals surface area contributed by atoms with Crippen molar-refractivity contribution in [2.75, 3.05) is 5.21 Å². The van der Waals surface area contributed by atoms with Gasteiger partial charge in [0.15, 0.2) is 9.84 Å². The van der Waals surface area contributed by atoms with E-state index in [0.29, 0.717) is 0 Å². The highest BCUT2D eigenvalue weighted by Gasteiger charge is 2.33. The maximum atomic E-state index is 11.9. The quantitative estimate of drug-likeness (QED) is 0.568. The molecule has 0 aromatic rings. The summed E-state index contributed by atoms with van der Waals surface area (Å²) in [4.78, 5) is 0. The van der Waals surface area contributed by atoms with E-state index in [0.717, 1.165) is 32.1 Å². The summed E-state index contributed by atoms with van der Waals surface area (Å²) in [6.45, 7) is 0. The van der Waals surface area contributed by atoms with Crippen LogP contribution < -0.4 is 0 Å². The van der Waals surface area contributed by atoms with Crippen molar-refractivity contribution in [3.05, 3.63) is 22.3 Å². The topological polar surface area (TPSA) is 34.1 Å². The van der Waals surface area contributed by atoms with Crippen LogP contribution in [0.25, 0.3) is 0 Å². The molecule has 4 heteroatoms. The third-order valence-corrected chi connectivity index (χ3v) is 7.60. The van der Waals surface area contributed by atoms with E-state index in [9.17, 15) is 8.42 Å². The number of alkyl halides is 1. The van der Waals surface area contributed by atoms with Crippen LogP contribution in [0.5, 0.6) is 0 Å². The second kappa shape index (κ2) is 5.25. The normalized spacial score (nSPS) is 28.2. The average Bonchev–Trinajstić information content (AvgIpc) is 2.44. The zero-order valence-electron chi connectivity index (χ0n) is 11.3. The Morgan fingerprint density at radius 3 is 2.16 bits per heavy atom. The van der Waals surface area contributed by atoms with Crippen molar-refractivity contribution < 1.29 is 8.42 Å². The van der Waals surface area contributed by atoms with Gasteiger partial charge in [-0.25, -0.2) is 8.42 Å². The van der Waals surface area contributed by atoms with E-state index >= 15 is 0 Å². The summed E-state index contributed by atoms with van der Waals surface area (Å²) < 4.78 is 23.9. The molecule has 19 heavy (non-hydrogen) atoms. The van der Waals surface area contributed by atoms with Crippen LogP contribution in [0, 0.1) is 0 Å². The first kappa shape index (κ1) is 13.7. The fourth-order valence-electron chi connectivity index (χ4n) is 3.81. The molecule has 3 rings (SSSR count). The molecule has 1 unspecified atom stereocenters. The molecule has 0 aliphatic heterocycles. The van der Waals surface area contributed by atoms with Crippen molar-refractivity contribution in [1.29, 1.82) is 0 Å². The van der Waals surface area contributed by atoms with E-state index in [1.807, 2.05) is 0 Å². The Bertz CT molecular complexity index is 542. The van der Waals surface area contributed by atoms with Crippen LogP contribution in [0.3, 0.4) is 0 Å². The molecular weight excluding hydrogens is 280 g/mol. The number of sulfone groups is 1. The van der Waals surface area contributed by atoms with Crippen molar-refractivity contribution in [3.8, 4) is 0 Å². The molecule has 2 nitrogen and oxygen atoms in total. The molecule has 0 amide bonds. The summed E-state index contributed by atoms with van der Waals surface area (Å²) in [5.41, 5.74) is 6.25. The van der Waals surface area contributed by atoms with Crippen LogP contribution in [-0.2, 0) is 9.84 Å². The highest BCUT2D eigenvalue weighted by molar-refractivity contribution is 7.93. The van der Waals surface area contributed by atoms with Crippen LogP contribution in [0.2, 0.25) is 0 Å². The number of allylic oxidation sites excluding steroid dienone is 4. The van der Waals surface area contributed by atoms with Gasteiger partial charge in [-0.1, -0.05) is 22.3 Å². The molecule has 0 aromatic carbocycles. The highest BCUT2D eigenvalue weighted by Crippen LogP contribution is 2.44. The van der Waals surface area contributed by atoms with Crippen LogP contribution in [-0.4, -0.2) is 18.9 Å². The SMILES string of the molecule is O=S(=O)(CCl)C1CCC2=C(CC3=C(CCCC3)C2)C1. The smallest absolute Gasteiger partial charge is 0.167 e. The highest BCUT2D eigenvalue weighted by atomic mass is 35.5. The Kier molecular flexibility index (Phi) is 3.78. The van der Waals surface area contributed by atoms with Crippen molar-refractivity contribution in [2.24, 2.45) is 0 Å². The lowest BCUT2D eigenvalue weighted by Crippen LogP contribution is -2.27. The summed E-state index contributed by atoms with van der Waals surface area (Å²) in [5, 5.41) is -0.455. The summed E-state index contributed by atoms with van der Waals surface area (Å²) in [5.74, 6) is 0. The molecule has 0 saturated carbocycles. The monoisotopic (exact) mass is 300 g/mol. The lowest BCUT2D eigenvalue weighted by molar-refractivity contribution is 0.546. The lowest BCUT2D eigenvalue weighted by Gasteiger charge is -2.34. The summed E-state index contributed by atoms with van der Waals surface area (Å²) in [6, 6.07) is 0. The maximum absolute atomic E-state index is 11.9. The van der Waals surface area contributed by atoms with Gasteiger partial charge < -0.3 is 0 Å². The van der Waals surface area contributed by atoms with Crippen molar-refractivity contribution in [2.45, 2.75) is 63.0 Å². The molecule has 106 valence electrons. The predicted molar refractivity (Wildman–Crippen MR) is 79.0 cm³/mol. The van der Waals surface area contributed by atoms with Gasteiger partial charge in [0.05, 0.1) is 5.25 Å². The first-order chi connectivity index (χ1) is 9.10. The Morgan fingerprint density at radius 2 is 1.53 bits per heavy atom. The van der Waals surface area contributed by atoms with Crippen LogP contribution in [0.15, 0.2) is 22.3 Å². The van der Waals surface area contributed by atoms with E-state index in [-0.39, 0.29) is 10.5 Å². The fourth-order valence-corrected chi connectivity index (χ4v) is 5.46. The molecular formula is C15H21ClO2S. The van der Waals surface area contributed by atoms with E-state index in [4.69, 9.17) is 11.6 Å². The first-order valence-electron chi connectivity index (χ1n) is 7.27. The number of halogens is 1. The Hall–Kier alpha value is -0.280. The van der Waals surface area contributed by atoms with E-state index < -0.39 is 9.84 Å². The van der Waals surface area contributed by atoms with E-state index in [1.54, 1.807) is 16.7 Å². The fraction of sp³-hybridized carbons (Fsp3) is 0.733. The molecule has 0 fully saturated rings. The minimum absolute atomic E-state index is 0.227. The van der Waals surface area contributed by atoms with Crippen LogP contribution in [0.1, 0.15) is 57.8 Å². The molecule has 0 saturated heterocycles. The zero-order chi connectivity index (χ0) is 13.5.